The number of pyridine rings is 1. The molecule has 158 valence electrons. The highest BCUT2D eigenvalue weighted by Gasteiger charge is 2.25. The minimum atomic E-state index is -0.288. The summed E-state index contributed by atoms with van der Waals surface area (Å²) in [6.45, 7) is 3.17. The van der Waals surface area contributed by atoms with Gasteiger partial charge < -0.3 is 20.3 Å². The zero-order valence-electron chi connectivity index (χ0n) is 16.3. The van der Waals surface area contributed by atoms with E-state index in [9.17, 15) is 4.39 Å². The van der Waals surface area contributed by atoms with Crippen LogP contribution in [0.3, 0.4) is 0 Å². The van der Waals surface area contributed by atoms with E-state index >= 15 is 0 Å². The van der Waals surface area contributed by atoms with Gasteiger partial charge in [0.15, 0.2) is 17.6 Å². The summed E-state index contributed by atoms with van der Waals surface area (Å²) < 4.78 is 19.6. The number of halogens is 3. The van der Waals surface area contributed by atoms with Gasteiger partial charge in [0.05, 0.1) is 13.2 Å². The summed E-state index contributed by atoms with van der Waals surface area (Å²) in [4.78, 5) is 10.3. The molecule has 2 N–H and O–H groups in total. The van der Waals surface area contributed by atoms with Crippen molar-refractivity contribution in [1.82, 2.24) is 15.6 Å². The lowest BCUT2D eigenvalue weighted by atomic mass is 10.2. The summed E-state index contributed by atoms with van der Waals surface area (Å²) in [5, 5.41) is 7.34. The van der Waals surface area contributed by atoms with Crippen molar-refractivity contribution in [2.75, 3.05) is 38.2 Å². The van der Waals surface area contributed by atoms with E-state index in [1.54, 1.807) is 19.3 Å². The predicted octanol–water partition coefficient (Wildman–Crippen LogP) is 3.45. The van der Waals surface area contributed by atoms with Crippen LogP contribution in [0.4, 0.5) is 10.2 Å². The fourth-order valence-corrected chi connectivity index (χ4v) is 3.21. The fourth-order valence-electron chi connectivity index (χ4n) is 3.08. The summed E-state index contributed by atoms with van der Waals surface area (Å²) in [6.07, 6.45) is 2.51. The highest BCUT2D eigenvalue weighted by Crippen LogP contribution is 2.20. The van der Waals surface area contributed by atoms with Crippen molar-refractivity contribution < 1.29 is 9.13 Å². The maximum atomic E-state index is 13.9. The quantitative estimate of drug-likeness (QED) is 0.247. The molecular formula is C20H26ClFIN5O. The van der Waals surface area contributed by atoms with Gasteiger partial charge in [-0.3, -0.25) is 4.99 Å². The van der Waals surface area contributed by atoms with Crippen LogP contribution in [0.1, 0.15) is 12.0 Å². The van der Waals surface area contributed by atoms with E-state index in [2.05, 4.69) is 20.6 Å². The Morgan fingerprint density at radius 2 is 2.14 bits per heavy atom. The molecule has 0 amide bonds. The molecule has 0 aliphatic carbocycles. The van der Waals surface area contributed by atoms with E-state index in [-0.39, 0.29) is 35.8 Å². The number of aliphatic imine (C=N–C) groups is 1. The number of rotatable bonds is 7. The van der Waals surface area contributed by atoms with Gasteiger partial charge >= 0.3 is 0 Å². The molecule has 1 aliphatic heterocycles. The van der Waals surface area contributed by atoms with Crippen LogP contribution in [0, 0.1) is 5.82 Å². The number of anilines is 1. The molecule has 1 aromatic carbocycles. The number of guanidine groups is 1. The van der Waals surface area contributed by atoms with Crippen molar-refractivity contribution >= 4 is 47.4 Å². The normalized spacial score (nSPS) is 16.4. The summed E-state index contributed by atoms with van der Waals surface area (Å²) in [5.41, 5.74) is 1.08. The summed E-state index contributed by atoms with van der Waals surface area (Å²) in [7, 11) is 1.73. The van der Waals surface area contributed by atoms with Crippen molar-refractivity contribution in [3.63, 3.8) is 0 Å². The van der Waals surface area contributed by atoms with Gasteiger partial charge in [0.2, 0.25) is 0 Å². The van der Waals surface area contributed by atoms with Crippen LogP contribution < -0.4 is 15.5 Å². The van der Waals surface area contributed by atoms with E-state index < -0.39 is 0 Å². The molecule has 29 heavy (non-hydrogen) atoms. The van der Waals surface area contributed by atoms with Gasteiger partial charge in [-0.1, -0.05) is 23.7 Å². The smallest absolute Gasteiger partial charge is 0.191 e. The monoisotopic (exact) mass is 533 g/mol. The average Bonchev–Trinajstić information content (AvgIpc) is 3.17. The van der Waals surface area contributed by atoms with E-state index in [4.69, 9.17) is 16.3 Å². The van der Waals surface area contributed by atoms with Crippen molar-refractivity contribution in [3.05, 3.63) is 59.0 Å². The first kappa shape index (κ1) is 23.6. The minimum Gasteiger partial charge on any atom is -0.375 e. The van der Waals surface area contributed by atoms with Crippen molar-refractivity contribution in [2.45, 2.75) is 19.1 Å². The fraction of sp³-hybridized carbons (Fsp3) is 0.400. The lowest BCUT2D eigenvalue weighted by Crippen LogP contribution is -2.45. The van der Waals surface area contributed by atoms with E-state index in [1.807, 2.05) is 29.2 Å². The molecule has 2 aromatic rings. The van der Waals surface area contributed by atoms with Crippen molar-refractivity contribution in [2.24, 2.45) is 4.99 Å². The number of hydrogen-bond acceptors (Lipinski definition) is 4. The molecule has 1 aliphatic rings. The maximum absolute atomic E-state index is 13.9. The van der Waals surface area contributed by atoms with Crippen molar-refractivity contribution in [3.8, 4) is 0 Å². The number of aromatic nitrogens is 1. The van der Waals surface area contributed by atoms with Crippen molar-refractivity contribution in [1.29, 1.82) is 0 Å². The lowest BCUT2D eigenvalue weighted by Gasteiger charge is -2.20. The second kappa shape index (κ2) is 12.1. The van der Waals surface area contributed by atoms with Gasteiger partial charge in [-0.15, -0.1) is 24.0 Å². The second-order valence-corrected chi connectivity index (χ2v) is 7.00. The van der Waals surface area contributed by atoms with E-state index in [0.29, 0.717) is 38.1 Å². The number of nitrogens with one attached hydrogen (secondary N) is 2. The van der Waals surface area contributed by atoms with Gasteiger partial charge in [0.1, 0.15) is 0 Å². The second-order valence-electron chi connectivity index (χ2n) is 6.56. The molecule has 1 aromatic heterocycles. The van der Waals surface area contributed by atoms with Crippen LogP contribution in [0.5, 0.6) is 0 Å². The SMILES string of the molecule is CN=C(NCCOCc1ccc(Cl)cc1)NC1CCN(c2ncccc2F)C1.I. The summed E-state index contributed by atoms with van der Waals surface area (Å²) in [5.74, 6) is 0.831. The third kappa shape index (κ3) is 7.27. The third-order valence-corrected chi connectivity index (χ3v) is 4.76. The van der Waals surface area contributed by atoms with Gasteiger partial charge in [-0.2, -0.15) is 0 Å². The standard InChI is InChI=1S/C20H25ClFN5O.HI/c1-23-20(25-10-12-28-14-15-4-6-16(21)7-5-15)26-17-8-11-27(13-17)19-18(22)3-2-9-24-19;/h2-7,9,17H,8,10-14H2,1H3,(H2,23,25,26);1H. The van der Waals surface area contributed by atoms with Gasteiger partial charge in [-0.05, 0) is 36.2 Å². The molecule has 1 fully saturated rings. The minimum absolute atomic E-state index is 0. The first-order valence-electron chi connectivity index (χ1n) is 9.30. The van der Waals surface area contributed by atoms with Crippen LogP contribution >= 0.6 is 35.6 Å². The Hall–Kier alpha value is -1.65. The van der Waals surface area contributed by atoms with Crippen LogP contribution in [0.15, 0.2) is 47.6 Å². The third-order valence-electron chi connectivity index (χ3n) is 4.51. The lowest BCUT2D eigenvalue weighted by molar-refractivity contribution is 0.125. The number of ether oxygens (including phenoxy) is 1. The Morgan fingerprint density at radius 3 is 2.86 bits per heavy atom. The Labute approximate surface area is 192 Å². The van der Waals surface area contributed by atoms with E-state index in [0.717, 1.165) is 23.6 Å². The molecule has 2 heterocycles. The molecule has 3 rings (SSSR count). The Kier molecular flexibility index (Phi) is 9.89. The molecule has 1 unspecified atom stereocenters. The first-order chi connectivity index (χ1) is 13.7. The van der Waals surface area contributed by atoms with Crippen LogP contribution in [-0.4, -0.2) is 50.3 Å². The highest BCUT2D eigenvalue weighted by molar-refractivity contribution is 14.0. The molecular weight excluding hydrogens is 508 g/mol. The first-order valence-corrected chi connectivity index (χ1v) is 9.68. The molecule has 0 bridgehead atoms. The molecule has 0 saturated carbocycles. The molecule has 0 radical (unpaired) electrons. The van der Waals surface area contributed by atoms with Crippen LogP contribution in [-0.2, 0) is 11.3 Å². The van der Waals surface area contributed by atoms with Gasteiger partial charge in [0, 0.05) is 43.9 Å². The summed E-state index contributed by atoms with van der Waals surface area (Å²) in [6, 6.07) is 10.8. The van der Waals surface area contributed by atoms with Crippen LogP contribution in [0.25, 0.3) is 0 Å². The molecule has 0 spiro atoms. The van der Waals surface area contributed by atoms with E-state index in [1.165, 1.54) is 6.07 Å². The Morgan fingerprint density at radius 1 is 1.34 bits per heavy atom. The van der Waals surface area contributed by atoms with Gasteiger partial charge in [0.25, 0.3) is 0 Å². The largest absolute Gasteiger partial charge is 0.375 e. The summed E-state index contributed by atoms with van der Waals surface area (Å²) >= 11 is 5.87. The number of hydrogen-bond donors (Lipinski definition) is 2. The van der Waals surface area contributed by atoms with Gasteiger partial charge in [-0.25, -0.2) is 9.37 Å². The Balaban J connectivity index is 0.00000300. The molecule has 1 saturated heterocycles. The molecule has 6 nitrogen and oxygen atoms in total. The maximum Gasteiger partial charge on any atom is 0.191 e. The zero-order valence-corrected chi connectivity index (χ0v) is 19.4. The number of nitrogens with zero attached hydrogens (tertiary/aromatic N) is 3. The topological polar surface area (TPSA) is 61.8 Å². The average molecular weight is 534 g/mol. The Bertz CT molecular complexity index is 793. The predicted molar refractivity (Wildman–Crippen MR) is 126 cm³/mol. The highest BCUT2D eigenvalue weighted by atomic mass is 127. The number of benzene rings is 1. The zero-order chi connectivity index (χ0) is 19.8. The molecule has 9 heteroatoms. The molecule has 1 atom stereocenters. The van der Waals surface area contributed by atoms with Crippen LogP contribution in [0.2, 0.25) is 5.02 Å².